The minimum Gasteiger partial charge on any atom is -0.506 e. The highest BCUT2D eigenvalue weighted by molar-refractivity contribution is 6.19. The maximum atomic E-state index is 12.1. The van der Waals surface area contributed by atoms with E-state index in [0.29, 0.717) is 13.1 Å². The van der Waals surface area contributed by atoms with Gasteiger partial charge in [0.25, 0.3) is 5.56 Å². The molecule has 98 valence electrons. The Morgan fingerprint density at radius 1 is 1.21 bits per heavy atom. The van der Waals surface area contributed by atoms with Crippen molar-refractivity contribution < 1.29 is 9.90 Å². The van der Waals surface area contributed by atoms with Crippen molar-refractivity contribution in [3.63, 3.8) is 0 Å². The van der Waals surface area contributed by atoms with Crippen molar-refractivity contribution in [2.24, 2.45) is 4.99 Å². The molecule has 0 bridgehead atoms. The number of nitrogens with zero attached hydrogens (tertiary/aromatic N) is 3. The molecule has 0 atom stereocenters. The highest BCUT2D eigenvalue weighted by Crippen LogP contribution is 2.23. The number of anilines is 1. The quantitative estimate of drug-likeness (QED) is 0.708. The van der Waals surface area contributed by atoms with Gasteiger partial charge in [-0.3, -0.25) is 14.3 Å². The van der Waals surface area contributed by atoms with E-state index < -0.39 is 0 Å². The number of nitrogens with two attached hydrogens (primary N) is 1. The number of hydrogen-bond donors (Lipinski definition) is 2. The molecule has 2 aliphatic rings. The molecule has 0 aromatic carbocycles. The Bertz CT molecular complexity index is 718. The van der Waals surface area contributed by atoms with Gasteiger partial charge in [-0.2, -0.15) is 0 Å². The zero-order chi connectivity index (χ0) is 13.6. The lowest BCUT2D eigenvalue weighted by molar-refractivity contribution is -0.110. The number of aliphatic hydroxyl groups is 1. The molecular weight excluding hydrogens is 248 g/mol. The molecule has 0 spiro atoms. The van der Waals surface area contributed by atoms with Crippen LogP contribution < -0.4 is 11.3 Å². The van der Waals surface area contributed by atoms with E-state index in [1.807, 2.05) is 0 Å². The van der Waals surface area contributed by atoms with Crippen LogP contribution in [-0.4, -0.2) is 26.0 Å². The topological polar surface area (TPSA) is 103 Å². The summed E-state index contributed by atoms with van der Waals surface area (Å²) < 4.78 is 3.22. The fourth-order valence-corrected chi connectivity index (χ4v) is 2.25. The van der Waals surface area contributed by atoms with Gasteiger partial charge in [-0.1, -0.05) is 0 Å². The van der Waals surface area contributed by atoms with Gasteiger partial charge in [0.15, 0.2) is 17.3 Å². The molecule has 0 fully saturated rings. The maximum absolute atomic E-state index is 12.1. The molecule has 0 radical (unpaired) electrons. The Hall–Kier alpha value is -2.57. The monoisotopic (exact) mass is 260 g/mol. The highest BCUT2D eigenvalue weighted by Gasteiger charge is 2.22. The van der Waals surface area contributed by atoms with Gasteiger partial charge in [-0.05, 0) is 18.6 Å². The second-order valence-corrected chi connectivity index (χ2v) is 4.40. The normalized spacial score (nSPS) is 19.9. The van der Waals surface area contributed by atoms with Crippen LogP contribution in [0.25, 0.3) is 0 Å². The average molecular weight is 260 g/mol. The summed E-state index contributed by atoms with van der Waals surface area (Å²) in [6, 6.07) is 0. The summed E-state index contributed by atoms with van der Waals surface area (Å²) in [5.74, 6) is -0.295. The van der Waals surface area contributed by atoms with Crippen LogP contribution in [0.2, 0.25) is 0 Å². The fraction of sp³-hybridized carbons (Fsp3) is 0.250. The molecule has 0 saturated carbocycles. The van der Waals surface area contributed by atoms with Crippen LogP contribution in [0, 0.1) is 0 Å². The molecule has 3 rings (SSSR count). The van der Waals surface area contributed by atoms with Crippen molar-refractivity contribution in [1.82, 2.24) is 9.36 Å². The predicted octanol–water partition coefficient (Wildman–Crippen LogP) is 0.289. The summed E-state index contributed by atoms with van der Waals surface area (Å²) in [5.41, 5.74) is 5.88. The molecule has 19 heavy (non-hydrogen) atoms. The van der Waals surface area contributed by atoms with E-state index in [1.54, 1.807) is 4.68 Å². The Morgan fingerprint density at radius 3 is 2.63 bits per heavy atom. The van der Waals surface area contributed by atoms with Gasteiger partial charge in [0, 0.05) is 19.2 Å². The zero-order valence-corrected chi connectivity index (χ0v) is 10.0. The minimum atomic E-state index is -0.319. The van der Waals surface area contributed by atoms with Crippen LogP contribution >= 0.6 is 0 Å². The number of carbonyl (C=O) groups excluding carboxylic acids is 1. The number of aromatic nitrogens is 2. The van der Waals surface area contributed by atoms with E-state index in [0.717, 1.165) is 12.5 Å². The van der Waals surface area contributed by atoms with Crippen LogP contribution in [0.5, 0.6) is 0 Å². The largest absolute Gasteiger partial charge is 0.506 e. The summed E-state index contributed by atoms with van der Waals surface area (Å²) in [4.78, 5) is 27.2. The molecule has 0 amide bonds. The summed E-state index contributed by atoms with van der Waals surface area (Å²) in [5, 5.41) is 9.63. The molecule has 7 nitrogen and oxygen atoms in total. The third-order valence-corrected chi connectivity index (χ3v) is 3.17. The first kappa shape index (κ1) is 11.5. The third-order valence-electron chi connectivity index (χ3n) is 3.17. The van der Waals surface area contributed by atoms with E-state index in [1.165, 1.54) is 16.8 Å². The van der Waals surface area contributed by atoms with Crippen LogP contribution in [0.4, 0.5) is 11.5 Å². The molecule has 1 aromatic rings. The summed E-state index contributed by atoms with van der Waals surface area (Å²) in [6.45, 7) is 1.30. The number of allylic oxidation sites excluding steroid dienone is 3. The van der Waals surface area contributed by atoms with Crippen molar-refractivity contribution in [2.75, 3.05) is 5.73 Å². The molecule has 2 heterocycles. The SMILES string of the molecule is Nc1c(N=C2C=CC(=O)C=C2O)c(=O)n2n1CCC2. The second-order valence-electron chi connectivity index (χ2n) is 4.40. The van der Waals surface area contributed by atoms with Gasteiger partial charge in [0.05, 0.1) is 0 Å². The number of hydrogen-bond acceptors (Lipinski definition) is 5. The number of nitrogen functional groups attached to an aromatic ring is 1. The Kier molecular flexibility index (Phi) is 2.41. The zero-order valence-electron chi connectivity index (χ0n) is 10.0. The van der Waals surface area contributed by atoms with Crippen molar-refractivity contribution in [3.8, 4) is 0 Å². The lowest BCUT2D eigenvalue weighted by Crippen LogP contribution is -2.16. The molecular formula is C12H12N4O3. The van der Waals surface area contributed by atoms with E-state index in [-0.39, 0.29) is 34.3 Å². The van der Waals surface area contributed by atoms with Gasteiger partial charge in [-0.25, -0.2) is 9.67 Å². The van der Waals surface area contributed by atoms with E-state index in [2.05, 4.69) is 4.99 Å². The predicted molar refractivity (Wildman–Crippen MR) is 69.7 cm³/mol. The lowest BCUT2D eigenvalue weighted by Gasteiger charge is -2.04. The summed E-state index contributed by atoms with van der Waals surface area (Å²) >= 11 is 0. The van der Waals surface area contributed by atoms with Crippen LogP contribution in [-0.2, 0) is 17.9 Å². The smallest absolute Gasteiger partial charge is 0.294 e. The highest BCUT2D eigenvalue weighted by atomic mass is 16.3. The number of ketones is 1. The van der Waals surface area contributed by atoms with Gasteiger partial charge in [-0.15, -0.1) is 0 Å². The number of rotatable bonds is 1. The van der Waals surface area contributed by atoms with Crippen molar-refractivity contribution in [3.05, 3.63) is 34.3 Å². The number of fused-ring (bicyclic) bond motifs is 1. The number of aliphatic hydroxyl groups excluding tert-OH is 1. The first-order valence-electron chi connectivity index (χ1n) is 5.89. The molecule has 3 N–H and O–H groups in total. The third kappa shape index (κ3) is 1.70. The first-order chi connectivity index (χ1) is 9.08. The summed E-state index contributed by atoms with van der Waals surface area (Å²) in [7, 11) is 0. The van der Waals surface area contributed by atoms with E-state index in [4.69, 9.17) is 5.73 Å². The number of aliphatic imine (C=N–C) groups is 1. The van der Waals surface area contributed by atoms with Gasteiger partial charge in [0.1, 0.15) is 11.5 Å². The lowest BCUT2D eigenvalue weighted by atomic mass is 10.1. The summed E-state index contributed by atoms with van der Waals surface area (Å²) in [6.07, 6.45) is 4.56. The van der Waals surface area contributed by atoms with Gasteiger partial charge < -0.3 is 10.8 Å². The maximum Gasteiger partial charge on any atom is 0.294 e. The Labute approximate surface area is 107 Å². The van der Waals surface area contributed by atoms with Crippen LogP contribution in [0.1, 0.15) is 6.42 Å². The minimum absolute atomic E-state index is 0.105. The van der Waals surface area contributed by atoms with Gasteiger partial charge >= 0.3 is 0 Å². The average Bonchev–Trinajstić information content (AvgIpc) is 2.92. The molecule has 1 aliphatic carbocycles. The second kappa shape index (κ2) is 3.98. The van der Waals surface area contributed by atoms with Crippen LogP contribution in [0.3, 0.4) is 0 Å². The van der Waals surface area contributed by atoms with Crippen molar-refractivity contribution >= 4 is 23.0 Å². The van der Waals surface area contributed by atoms with E-state index in [9.17, 15) is 14.7 Å². The molecule has 0 unspecified atom stereocenters. The number of carbonyl (C=O) groups is 1. The Balaban J connectivity index is 2.11. The van der Waals surface area contributed by atoms with Gasteiger partial charge in [0.2, 0.25) is 0 Å². The van der Waals surface area contributed by atoms with Crippen LogP contribution in [0.15, 0.2) is 33.8 Å². The molecule has 0 saturated heterocycles. The molecule has 7 heteroatoms. The van der Waals surface area contributed by atoms with Crippen molar-refractivity contribution in [2.45, 2.75) is 19.5 Å². The molecule has 1 aromatic heterocycles. The van der Waals surface area contributed by atoms with E-state index >= 15 is 0 Å². The first-order valence-corrected chi connectivity index (χ1v) is 5.89. The fourth-order valence-electron chi connectivity index (χ4n) is 2.25. The van der Waals surface area contributed by atoms with Crippen molar-refractivity contribution in [1.29, 1.82) is 0 Å². The standard InChI is InChI=1S/C12H12N4O3/c13-11-10(12(19)16-5-1-4-15(11)16)14-8-3-2-7(17)6-9(8)18/h2-3,6,18H,1,4-5,13H2. The molecule has 1 aliphatic heterocycles. The Morgan fingerprint density at radius 2 is 1.95 bits per heavy atom.